The van der Waals surface area contributed by atoms with Gasteiger partial charge in [0.15, 0.2) is 0 Å². The van der Waals surface area contributed by atoms with E-state index in [1.54, 1.807) is 0 Å². The van der Waals surface area contributed by atoms with E-state index in [1.165, 1.54) is 40.7 Å². The van der Waals surface area contributed by atoms with E-state index in [0.29, 0.717) is 0 Å². The lowest BCUT2D eigenvalue weighted by Crippen LogP contribution is -2.39. The number of aromatic nitrogens is 1. The van der Waals surface area contributed by atoms with Crippen LogP contribution in [0.15, 0.2) is 18.2 Å². The highest BCUT2D eigenvalue weighted by Crippen LogP contribution is 2.33. The second-order valence-electron chi connectivity index (χ2n) is 7.02. The molecule has 1 aromatic heterocycles. The number of benzene rings is 1. The van der Waals surface area contributed by atoms with Gasteiger partial charge in [0.2, 0.25) is 0 Å². The average molecular weight is 325 g/mol. The van der Waals surface area contributed by atoms with E-state index in [4.69, 9.17) is 9.72 Å². The lowest BCUT2D eigenvalue weighted by atomic mass is 9.92. The van der Waals surface area contributed by atoms with Gasteiger partial charge in [-0.15, -0.1) is 0 Å². The van der Waals surface area contributed by atoms with Crippen molar-refractivity contribution in [1.82, 2.24) is 9.88 Å². The second-order valence-corrected chi connectivity index (χ2v) is 7.02. The maximum absolute atomic E-state index is 5.44. The van der Waals surface area contributed by atoms with Gasteiger partial charge in [-0.1, -0.05) is 11.6 Å². The zero-order chi connectivity index (χ0) is 16.4. The van der Waals surface area contributed by atoms with Gasteiger partial charge in [0.25, 0.3) is 0 Å². The minimum Gasteiger partial charge on any atom is -0.383 e. The molecule has 0 bridgehead atoms. The highest BCUT2D eigenvalue weighted by molar-refractivity contribution is 5.94. The molecule has 2 aromatic rings. The van der Waals surface area contributed by atoms with Gasteiger partial charge in [-0.3, -0.25) is 9.88 Å². The third kappa shape index (κ3) is 3.26. The van der Waals surface area contributed by atoms with E-state index in [2.05, 4.69) is 35.3 Å². The molecule has 1 fully saturated rings. The summed E-state index contributed by atoms with van der Waals surface area (Å²) in [6.07, 6.45) is 4.83. The molecule has 0 spiro atoms. The fourth-order valence-electron chi connectivity index (χ4n) is 3.90. The Bertz CT molecular complexity index is 722. The molecular weight excluding hydrogens is 298 g/mol. The van der Waals surface area contributed by atoms with Crippen LogP contribution in [0.1, 0.15) is 29.7 Å². The molecule has 1 aliphatic heterocycles. The third-order valence-electron chi connectivity index (χ3n) is 5.25. The van der Waals surface area contributed by atoms with Crippen LogP contribution in [0.4, 0.5) is 5.69 Å². The largest absolute Gasteiger partial charge is 0.383 e. The van der Waals surface area contributed by atoms with Crippen LogP contribution in [0.2, 0.25) is 0 Å². The van der Waals surface area contributed by atoms with Gasteiger partial charge < -0.3 is 10.1 Å². The highest BCUT2D eigenvalue weighted by atomic mass is 16.5. The van der Waals surface area contributed by atoms with Crippen LogP contribution < -0.4 is 5.32 Å². The van der Waals surface area contributed by atoms with Crippen molar-refractivity contribution in [2.45, 2.75) is 32.6 Å². The number of fused-ring (bicyclic) bond motifs is 2. The van der Waals surface area contributed by atoms with Gasteiger partial charge in [0.05, 0.1) is 18.7 Å². The Balaban J connectivity index is 1.60. The molecule has 4 nitrogen and oxygen atoms in total. The average Bonchev–Trinajstić information content (AvgIpc) is 2.62. The molecule has 4 rings (SSSR count). The molecule has 128 valence electrons. The summed E-state index contributed by atoms with van der Waals surface area (Å²) in [7, 11) is 0. The molecule has 1 aromatic carbocycles. The summed E-state index contributed by atoms with van der Waals surface area (Å²) in [5, 5.41) is 5.06. The lowest BCUT2D eigenvalue weighted by molar-refractivity contribution is 0.0398. The van der Waals surface area contributed by atoms with E-state index < -0.39 is 0 Å². The Labute approximate surface area is 144 Å². The minimum absolute atomic E-state index is 0.868. The summed E-state index contributed by atoms with van der Waals surface area (Å²) in [6, 6.07) is 6.63. The minimum atomic E-state index is 0.868. The molecule has 2 aliphatic rings. The first-order valence-electron chi connectivity index (χ1n) is 9.27. The fourth-order valence-corrected chi connectivity index (χ4v) is 3.90. The molecule has 1 saturated heterocycles. The third-order valence-corrected chi connectivity index (χ3v) is 5.25. The number of ether oxygens (including phenoxy) is 1. The van der Waals surface area contributed by atoms with Gasteiger partial charge in [-0.25, -0.2) is 0 Å². The van der Waals surface area contributed by atoms with E-state index >= 15 is 0 Å². The molecule has 4 heteroatoms. The van der Waals surface area contributed by atoms with Crippen molar-refractivity contribution in [3.05, 3.63) is 35.0 Å². The van der Waals surface area contributed by atoms with Crippen molar-refractivity contribution in [3.8, 4) is 0 Å². The summed E-state index contributed by atoms with van der Waals surface area (Å²) in [5.74, 6) is 0. The lowest BCUT2D eigenvalue weighted by Gasteiger charge is -2.27. The molecule has 1 N–H and O–H groups in total. The Morgan fingerprint density at radius 1 is 1.17 bits per heavy atom. The van der Waals surface area contributed by atoms with Crippen LogP contribution in [0.3, 0.4) is 0 Å². The summed E-state index contributed by atoms with van der Waals surface area (Å²) in [6.45, 7) is 8.06. The Morgan fingerprint density at radius 3 is 2.88 bits per heavy atom. The number of nitrogens with one attached hydrogen (secondary N) is 1. The second kappa shape index (κ2) is 7.08. The first kappa shape index (κ1) is 15.9. The molecule has 1 aliphatic carbocycles. The van der Waals surface area contributed by atoms with Gasteiger partial charge >= 0.3 is 0 Å². The maximum Gasteiger partial charge on any atom is 0.0726 e. The van der Waals surface area contributed by atoms with E-state index in [0.717, 1.165) is 57.8 Å². The van der Waals surface area contributed by atoms with Crippen molar-refractivity contribution in [1.29, 1.82) is 0 Å². The normalized spacial score (nSPS) is 18.5. The van der Waals surface area contributed by atoms with Crippen LogP contribution in [-0.4, -0.2) is 49.3 Å². The molecule has 0 amide bonds. The molecule has 0 radical (unpaired) electrons. The number of morpholine rings is 1. The molecule has 24 heavy (non-hydrogen) atoms. The van der Waals surface area contributed by atoms with Gasteiger partial charge in [0.1, 0.15) is 0 Å². The van der Waals surface area contributed by atoms with Crippen molar-refractivity contribution in [2.24, 2.45) is 0 Å². The van der Waals surface area contributed by atoms with Gasteiger partial charge in [0, 0.05) is 42.9 Å². The number of anilines is 1. The van der Waals surface area contributed by atoms with E-state index in [-0.39, 0.29) is 0 Å². The molecule has 0 atom stereocenters. The highest BCUT2D eigenvalue weighted by Gasteiger charge is 2.18. The number of hydrogen-bond donors (Lipinski definition) is 1. The number of pyridine rings is 1. The number of hydrogen-bond acceptors (Lipinski definition) is 4. The van der Waals surface area contributed by atoms with Crippen LogP contribution in [-0.2, 0) is 17.6 Å². The van der Waals surface area contributed by atoms with Crippen LogP contribution in [0.5, 0.6) is 0 Å². The predicted molar refractivity (Wildman–Crippen MR) is 98.9 cm³/mol. The SMILES string of the molecule is Cc1ccc2nc3c(c(NCCN4CCOCC4)c2c1)CCCC3. The van der Waals surface area contributed by atoms with Gasteiger partial charge in [-0.2, -0.15) is 0 Å². The number of rotatable bonds is 4. The Morgan fingerprint density at radius 2 is 2.00 bits per heavy atom. The fraction of sp³-hybridized carbons (Fsp3) is 0.550. The van der Waals surface area contributed by atoms with Crippen molar-refractivity contribution in [2.75, 3.05) is 44.7 Å². The summed E-state index contributed by atoms with van der Waals surface area (Å²) in [5.41, 5.74) is 6.55. The monoisotopic (exact) mass is 325 g/mol. The standard InChI is InChI=1S/C20H27N3O/c1-15-6-7-19-17(14-15)20(16-4-2-3-5-18(16)22-19)21-8-9-23-10-12-24-13-11-23/h6-7,14H,2-5,8-13H2,1H3,(H,21,22). The Hall–Kier alpha value is -1.65. The molecular formula is C20H27N3O. The summed E-state index contributed by atoms with van der Waals surface area (Å²) >= 11 is 0. The van der Waals surface area contributed by atoms with E-state index in [1.807, 2.05) is 0 Å². The Kier molecular flexibility index (Phi) is 4.67. The van der Waals surface area contributed by atoms with Crippen molar-refractivity contribution >= 4 is 16.6 Å². The van der Waals surface area contributed by atoms with Crippen molar-refractivity contribution in [3.63, 3.8) is 0 Å². The summed E-state index contributed by atoms with van der Waals surface area (Å²) in [4.78, 5) is 7.43. The molecule has 0 saturated carbocycles. The molecule has 0 unspecified atom stereocenters. The zero-order valence-electron chi connectivity index (χ0n) is 14.6. The summed E-state index contributed by atoms with van der Waals surface area (Å²) < 4.78 is 5.44. The maximum atomic E-state index is 5.44. The van der Waals surface area contributed by atoms with Crippen molar-refractivity contribution < 1.29 is 4.74 Å². The number of aryl methyl sites for hydroxylation is 2. The first-order valence-corrected chi connectivity index (χ1v) is 9.27. The molecule has 2 heterocycles. The topological polar surface area (TPSA) is 37.4 Å². The number of nitrogens with zero attached hydrogens (tertiary/aromatic N) is 2. The smallest absolute Gasteiger partial charge is 0.0726 e. The van der Waals surface area contributed by atoms with Gasteiger partial charge in [-0.05, 0) is 50.3 Å². The van der Waals surface area contributed by atoms with Crippen LogP contribution in [0, 0.1) is 6.92 Å². The van der Waals surface area contributed by atoms with E-state index in [9.17, 15) is 0 Å². The van der Waals surface area contributed by atoms with Crippen LogP contribution in [0.25, 0.3) is 10.9 Å². The zero-order valence-corrected chi connectivity index (χ0v) is 14.6. The first-order chi connectivity index (χ1) is 11.8. The predicted octanol–water partition coefficient (Wildman–Crippen LogP) is 3.17. The van der Waals surface area contributed by atoms with Crippen LogP contribution >= 0.6 is 0 Å². The quantitative estimate of drug-likeness (QED) is 0.937.